The number of hydrogen-bond donors (Lipinski definition) is 1. The van der Waals surface area contributed by atoms with Gasteiger partial charge in [0.15, 0.2) is 0 Å². The van der Waals surface area contributed by atoms with E-state index in [4.69, 9.17) is 0 Å². The summed E-state index contributed by atoms with van der Waals surface area (Å²) >= 11 is 0. The van der Waals surface area contributed by atoms with Gasteiger partial charge >= 0.3 is 0 Å². The summed E-state index contributed by atoms with van der Waals surface area (Å²) in [7, 11) is 0. The van der Waals surface area contributed by atoms with Crippen molar-refractivity contribution in [2.24, 2.45) is 0 Å². The van der Waals surface area contributed by atoms with E-state index in [1.54, 1.807) is 18.5 Å². The second-order valence-corrected chi connectivity index (χ2v) is 4.45. The molecule has 0 aromatic carbocycles. The van der Waals surface area contributed by atoms with E-state index in [2.05, 4.69) is 29.1 Å². The molecule has 1 aromatic heterocycles. The average Bonchev–Trinajstić information content (AvgIpc) is 2.67. The first-order chi connectivity index (χ1) is 7.47. The lowest BCUT2D eigenvalue weighted by molar-refractivity contribution is 0.0737. The molecule has 5 heteroatoms. The summed E-state index contributed by atoms with van der Waals surface area (Å²) in [5.74, 6) is 0. The third-order valence-corrected chi connectivity index (χ3v) is 2.71. The average molecular weight is 226 g/mol. The van der Waals surface area contributed by atoms with Crippen LogP contribution < -0.4 is 0 Å². The zero-order valence-corrected chi connectivity index (χ0v) is 10.6. The molecule has 0 amide bonds. The van der Waals surface area contributed by atoms with Crippen molar-refractivity contribution < 1.29 is 5.11 Å². The Kier molecular flexibility index (Phi) is 4.44. The molecule has 0 aliphatic heterocycles. The summed E-state index contributed by atoms with van der Waals surface area (Å²) < 4.78 is 1.78. The maximum absolute atomic E-state index is 9.75. The minimum atomic E-state index is -0.909. The Bertz CT molecular complexity index is 312. The monoisotopic (exact) mass is 226 g/mol. The normalized spacial score (nSPS) is 12.4. The van der Waals surface area contributed by atoms with Gasteiger partial charge in [0, 0.05) is 6.54 Å². The Hall–Kier alpha value is -0.940. The zero-order chi connectivity index (χ0) is 12.2. The quantitative estimate of drug-likeness (QED) is 0.781. The molecule has 0 bridgehead atoms. The van der Waals surface area contributed by atoms with Gasteiger partial charge in [0.1, 0.15) is 11.3 Å². The van der Waals surface area contributed by atoms with Crippen molar-refractivity contribution >= 4 is 0 Å². The fourth-order valence-electron chi connectivity index (χ4n) is 1.47. The van der Waals surface area contributed by atoms with Crippen LogP contribution in [0.3, 0.4) is 0 Å². The zero-order valence-electron chi connectivity index (χ0n) is 10.6. The highest BCUT2D eigenvalue weighted by Gasteiger charge is 2.19. The first-order valence-corrected chi connectivity index (χ1v) is 5.82. The van der Waals surface area contributed by atoms with E-state index in [1.807, 2.05) is 6.20 Å². The van der Waals surface area contributed by atoms with E-state index in [0.29, 0.717) is 5.69 Å². The largest absolute Gasteiger partial charge is 0.384 e. The first-order valence-electron chi connectivity index (χ1n) is 5.82. The molecule has 0 unspecified atom stereocenters. The van der Waals surface area contributed by atoms with E-state index >= 15 is 0 Å². The molecule has 92 valence electrons. The summed E-state index contributed by atoms with van der Waals surface area (Å²) in [5.41, 5.74) is -0.292. The molecule has 0 atom stereocenters. The molecule has 0 fully saturated rings. The smallest absolute Gasteiger partial charge is 0.114 e. The Labute approximate surface area is 97.1 Å². The van der Waals surface area contributed by atoms with Gasteiger partial charge in [0.25, 0.3) is 0 Å². The van der Waals surface area contributed by atoms with Gasteiger partial charge in [-0.15, -0.1) is 5.10 Å². The lowest BCUT2D eigenvalue weighted by Crippen LogP contribution is -2.27. The third-order valence-electron chi connectivity index (χ3n) is 2.71. The summed E-state index contributed by atoms with van der Waals surface area (Å²) in [6, 6.07) is 0. The molecule has 16 heavy (non-hydrogen) atoms. The Morgan fingerprint density at radius 2 is 2.00 bits per heavy atom. The molecule has 1 aromatic rings. The van der Waals surface area contributed by atoms with Crippen molar-refractivity contribution in [1.29, 1.82) is 0 Å². The highest BCUT2D eigenvalue weighted by molar-refractivity contribution is 5.02. The molecule has 0 radical (unpaired) electrons. The van der Waals surface area contributed by atoms with Crippen LogP contribution in [0.4, 0.5) is 0 Å². The van der Waals surface area contributed by atoms with Gasteiger partial charge < -0.3 is 10.0 Å². The van der Waals surface area contributed by atoms with Crippen LogP contribution in [0.2, 0.25) is 0 Å². The van der Waals surface area contributed by atoms with Crippen LogP contribution >= 0.6 is 0 Å². The van der Waals surface area contributed by atoms with Crippen molar-refractivity contribution in [3.8, 4) is 0 Å². The number of aromatic nitrogens is 3. The Morgan fingerprint density at radius 1 is 1.38 bits per heavy atom. The first kappa shape index (κ1) is 13.1. The van der Waals surface area contributed by atoms with Gasteiger partial charge in [0.2, 0.25) is 0 Å². The molecular weight excluding hydrogens is 204 g/mol. The lowest BCUT2D eigenvalue weighted by atomic mass is 10.1. The fraction of sp³-hybridized carbons (Fsp3) is 0.818. The second kappa shape index (κ2) is 5.41. The van der Waals surface area contributed by atoms with E-state index in [1.165, 1.54) is 0 Å². The molecule has 0 saturated carbocycles. The van der Waals surface area contributed by atoms with Gasteiger partial charge in [-0.2, -0.15) is 0 Å². The number of hydrogen-bond acceptors (Lipinski definition) is 4. The molecular formula is C11H22N4O. The maximum Gasteiger partial charge on any atom is 0.114 e. The topological polar surface area (TPSA) is 54.2 Å². The van der Waals surface area contributed by atoms with E-state index in [0.717, 1.165) is 26.2 Å². The third kappa shape index (κ3) is 3.57. The van der Waals surface area contributed by atoms with Gasteiger partial charge in [-0.25, -0.2) is 0 Å². The maximum atomic E-state index is 9.75. The summed E-state index contributed by atoms with van der Waals surface area (Å²) in [5, 5.41) is 17.7. The van der Waals surface area contributed by atoms with Crippen molar-refractivity contribution in [3.63, 3.8) is 0 Å². The summed E-state index contributed by atoms with van der Waals surface area (Å²) in [6.45, 7) is 11.6. The molecule has 0 spiro atoms. The van der Waals surface area contributed by atoms with E-state index < -0.39 is 5.60 Å². The molecule has 0 aliphatic carbocycles. The molecule has 1 rings (SSSR count). The van der Waals surface area contributed by atoms with Crippen LogP contribution in [0, 0.1) is 0 Å². The summed E-state index contributed by atoms with van der Waals surface area (Å²) in [6.07, 6.45) is 1.81. The molecule has 0 saturated heterocycles. The molecule has 1 heterocycles. The molecule has 0 aliphatic rings. The van der Waals surface area contributed by atoms with Gasteiger partial charge in [-0.05, 0) is 26.9 Å². The van der Waals surface area contributed by atoms with E-state index in [-0.39, 0.29) is 0 Å². The van der Waals surface area contributed by atoms with Crippen LogP contribution in [0.1, 0.15) is 33.4 Å². The van der Waals surface area contributed by atoms with Crippen molar-refractivity contribution in [3.05, 3.63) is 11.9 Å². The standard InChI is InChI=1S/C11H22N4O/c1-5-14(6-2)7-8-15-9-10(12-13-15)11(3,4)16/h9,16H,5-8H2,1-4H3. The van der Waals surface area contributed by atoms with Crippen LogP contribution in [0.5, 0.6) is 0 Å². The SMILES string of the molecule is CCN(CC)CCn1cc(C(C)(C)O)nn1. The Morgan fingerprint density at radius 3 is 2.44 bits per heavy atom. The predicted octanol–water partition coefficient (Wildman–Crippen LogP) is 0.847. The van der Waals surface area contributed by atoms with E-state index in [9.17, 15) is 5.11 Å². The van der Waals surface area contributed by atoms with Crippen molar-refractivity contribution in [2.75, 3.05) is 19.6 Å². The second-order valence-electron chi connectivity index (χ2n) is 4.45. The number of rotatable bonds is 6. The highest BCUT2D eigenvalue weighted by Crippen LogP contribution is 2.15. The molecule has 5 nitrogen and oxygen atoms in total. The van der Waals surface area contributed by atoms with Gasteiger partial charge in [-0.3, -0.25) is 4.68 Å². The lowest BCUT2D eigenvalue weighted by Gasteiger charge is -2.17. The fourth-order valence-corrected chi connectivity index (χ4v) is 1.47. The van der Waals surface area contributed by atoms with Crippen LogP contribution in [0.15, 0.2) is 6.20 Å². The van der Waals surface area contributed by atoms with Crippen molar-refractivity contribution in [2.45, 2.75) is 39.8 Å². The minimum absolute atomic E-state index is 0.618. The van der Waals surface area contributed by atoms with Gasteiger partial charge in [0.05, 0.1) is 12.7 Å². The van der Waals surface area contributed by atoms with Crippen LogP contribution in [0.25, 0.3) is 0 Å². The van der Waals surface area contributed by atoms with Crippen LogP contribution in [-0.2, 0) is 12.1 Å². The highest BCUT2D eigenvalue weighted by atomic mass is 16.3. The van der Waals surface area contributed by atoms with Crippen molar-refractivity contribution in [1.82, 2.24) is 19.9 Å². The molecule has 1 N–H and O–H groups in total. The number of aliphatic hydroxyl groups is 1. The summed E-state index contributed by atoms with van der Waals surface area (Å²) in [4.78, 5) is 2.32. The number of nitrogens with zero attached hydrogens (tertiary/aromatic N) is 4. The van der Waals surface area contributed by atoms with Crippen LogP contribution in [-0.4, -0.2) is 44.6 Å². The Balaban J connectivity index is 2.53. The van der Waals surface area contributed by atoms with Gasteiger partial charge in [-0.1, -0.05) is 19.1 Å². The minimum Gasteiger partial charge on any atom is -0.384 e. The predicted molar refractivity (Wildman–Crippen MR) is 63.1 cm³/mol. The number of likely N-dealkylation sites (N-methyl/N-ethyl adjacent to an activating group) is 1.